The van der Waals surface area contributed by atoms with E-state index in [1.54, 1.807) is 12.1 Å². The fourth-order valence-corrected chi connectivity index (χ4v) is 2.69. The summed E-state index contributed by atoms with van der Waals surface area (Å²) in [4.78, 5) is 27.3. The molecule has 1 aromatic carbocycles. The third-order valence-electron chi connectivity index (χ3n) is 2.84. The summed E-state index contributed by atoms with van der Waals surface area (Å²) >= 11 is 17.9. The molecule has 2 aromatic rings. The lowest BCUT2D eigenvalue weighted by molar-refractivity contribution is -0.119. The largest absolute Gasteiger partial charge is 0.351 e. The van der Waals surface area contributed by atoms with E-state index in [4.69, 9.17) is 34.8 Å². The number of carbonyl (C=O) groups excluding carboxylic acids is 2. The Labute approximate surface area is 148 Å². The molecule has 1 aromatic heterocycles. The molecule has 0 spiro atoms. The number of nitrogens with zero attached hydrogens (tertiary/aromatic N) is 1. The zero-order valence-electron chi connectivity index (χ0n) is 12.0. The van der Waals surface area contributed by atoms with Gasteiger partial charge in [-0.15, -0.1) is 0 Å². The summed E-state index contributed by atoms with van der Waals surface area (Å²) in [5.41, 5.74) is 1.20. The second-order valence-corrected chi connectivity index (χ2v) is 5.89. The molecule has 0 atom stereocenters. The summed E-state index contributed by atoms with van der Waals surface area (Å²) in [5.74, 6) is -0.580. The van der Waals surface area contributed by atoms with E-state index < -0.39 is 5.91 Å². The van der Waals surface area contributed by atoms with Gasteiger partial charge in [-0.2, -0.15) is 0 Å². The fraction of sp³-hybridized carbons (Fsp3) is 0.133. The van der Waals surface area contributed by atoms with E-state index in [9.17, 15) is 9.59 Å². The van der Waals surface area contributed by atoms with E-state index in [1.807, 2.05) is 0 Å². The second kappa shape index (κ2) is 7.64. The van der Waals surface area contributed by atoms with E-state index in [1.165, 1.54) is 25.3 Å². The molecule has 0 saturated carbocycles. The van der Waals surface area contributed by atoms with E-state index in [0.717, 1.165) is 0 Å². The Bertz CT molecular complexity index is 742. The van der Waals surface area contributed by atoms with Crippen molar-refractivity contribution in [3.63, 3.8) is 0 Å². The van der Waals surface area contributed by atoms with Crippen LogP contribution in [0, 0.1) is 0 Å². The fourth-order valence-electron chi connectivity index (χ4n) is 1.78. The molecule has 0 aliphatic rings. The number of carbonyl (C=O) groups is 2. The van der Waals surface area contributed by atoms with Crippen molar-refractivity contribution in [2.45, 2.75) is 13.5 Å². The number of hydrogen-bond acceptors (Lipinski definition) is 3. The van der Waals surface area contributed by atoms with Crippen molar-refractivity contribution in [1.29, 1.82) is 0 Å². The first kappa shape index (κ1) is 17.5. The van der Waals surface area contributed by atoms with Gasteiger partial charge in [-0.05, 0) is 24.3 Å². The lowest BCUT2D eigenvalue weighted by Gasteiger charge is -2.10. The lowest BCUT2D eigenvalue weighted by Crippen LogP contribution is -2.20. The summed E-state index contributed by atoms with van der Waals surface area (Å²) in [5, 5.41) is 6.10. The maximum atomic E-state index is 12.3. The van der Waals surface area contributed by atoms with Crippen LogP contribution in [0.5, 0.6) is 0 Å². The van der Waals surface area contributed by atoms with Gasteiger partial charge in [0.2, 0.25) is 5.91 Å². The first-order valence-electron chi connectivity index (χ1n) is 6.52. The van der Waals surface area contributed by atoms with Crippen LogP contribution in [-0.4, -0.2) is 16.8 Å². The highest BCUT2D eigenvalue weighted by molar-refractivity contribution is 6.42. The van der Waals surface area contributed by atoms with Crippen LogP contribution in [0.2, 0.25) is 15.1 Å². The Morgan fingerprint density at radius 3 is 2.39 bits per heavy atom. The second-order valence-electron chi connectivity index (χ2n) is 4.64. The first-order chi connectivity index (χ1) is 10.9. The minimum atomic E-state index is -0.400. The molecule has 23 heavy (non-hydrogen) atoms. The number of halogens is 3. The number of rotatable bonds is 4. The molecule has 0 radical (unpaired) electrons. The highest BCUT2D eigenvalue weighted by Crippen LogP contribution is 2.33. The molecule has 0 unspecified atom stereocenters. The predicted molar refractivity (Wildman–Crippen MR) is 91.2 cm³/mol. The van der Waals surface area contributed by atoms with Crippen molar-refractivity contribution in [3.8, 4) is 0 Å². The summed E-state index contributed by atoms with van der Waals surface area (Å²) in [6.07, 6.45) is 1.48. The van der Waals surface area contributed by atoms with Crippen LogP contribution in [0.15, 0.2) is 30.5 Å². The van der Waals surface area contributed by atoms with Crippen molar-refractivity contribution in [2.24, 2.45) is 0 Å². The van der Waals surface area contributed by atoms with Gasteiger partial charge in [-0.25, -0.2) is 0 Å². The maximum absolute atomic E-state index is 12.3. The molecule has 8 heteroatoms. The number of amides is 2. The zero-order valence-corrected chi connectivity index (χ0v) is 14.3. The standard InChI is InChI=1S/C15H12Cl3N3O2/c1-8(22)20-7-11-4-9(2-3-19-11)15(23)21-14-12(17)5-10(16)6-13(14)18/h2-6H,7H2,1H3,(H,20,22)(H,21,23). The van der Waals surface area contributed by atoms with Crippen LogP contribution >= 0.6 is 34.8 Å². The van der Waals surface area contributed by atoms with Crippen molar-refractivity contribution in [3.05, 3.63) is 56.8 Å². The molecule has 0 fully saturated rings. The van der Waals surface area contributed by atoms with E-state index in [-0.39, 0.29) is 28.2 Å². The molecule has 2 rings (SSSR count). The number of nitrogens with one attached hydrogen (secondary N) is 2. The number of pyridine rings is 1. The lowest BCUT2D eigenvalue weighted by atomic mass is 10.2. The van der Waals surface area contributed by atoms with Crippen LogP contribution < -0.4 is 10.6 Å². The molecular weight excluding hydrogens is 361 g/mol. The van der Waals surface area contributed by atoms with Crippen molar-refractivity contribution in [1.82, 2.24) is 10.3 Å². The summed E-state index contributed by atoms with van der Waals surface area (Å²) in [7, 11) is 0. The number of hydrogen-bond donors (Lipinski definition) is 2. The average Bonchev–Trinajstić information content (AvgIpc) is 2.49. The van der Waals surface area contributed by atoms with Gasteiger partial charge in [-0.1, -0.05) is 34.8 Å². The van der Waals surface area contributed by atoms with Gasteiger partial charge in [0, 0.05) is 23.7 Å². The summed E-state index contributed by atoms with van der Waals surface area (Å²) < 4.78 is 0. The van der Waals surface area contributed by atoms with Gasteiger partial charge in [0.1, 0.15) is 0 Å². The Morgan fingerprint density at radius 2 is 1.78 bits per heavy atom. The third-order valence-corrected chi connectivity index (χ3v) is 3.66. The van der Waals surface area contributed by atoms with Crippen molar-refractivity contribution in [2.75, 3.05) is 5.32 Å². The summed E-state index contributed by atoms with van der Waals surface area (Å²) in [6.45, 7) is 1.64. The van der Waals surface area contributed by atoms with E-state index >= 15 is 0 Å². The number of anilines is 1. The van der Waals surface area contributed by atoms with Gasteiger partial charge in [0.25, 0.3) is 5.91 Å². The molecular formula is C15H12Cl3N3O2. The van der Waals surface area contributed by atoms with Crippen LogP contribution in [0.25, 0.3) is 0 Å². The van der Waals surface area contributed by atoms with Gasteiger partial charge in [0.15, 0.2) is 0 Å². The molecule has 2 N–H and O–H groups in total. The molecule has 0 saturated heterocycles. The first-order valence-corrected chi connectivity index (χ1v) is 7.65. The molecule has 1 heterocycles. The van der Waals surface area contributed by atoms with E-state index in [2.05, 4.69) is 15.6 Å². The van der Waals surface area contributed by atoms with Crippen LogP contribution in [0.4, 0.5) is 5.69 Å². The van der Waals surface area contributed by atoms with Crippen molar-refractivity contribution < 1.29 is 9.59 Å². The minimum absolute atomic E-state index is 0.179. The van der Waals surface area contributed by atoms with Gasteiger partial charge in [0.05, 0.1) is 28.0 Å². The van der Waals surface area contributed by atoms with E-state index in [0.29, 0.717) is 16.3 Å². The van der Waals surface area contributed by atoms with Gasteiger partial charge >= 0.3 is 0 Å². The van der Waals surface area contributed by atoms with Crippen LogP contribution in [0.1, 0.15) is 23.0 Å². The number of aromatic nitrogens is 1. The monoisotopic (exact) mass is 371 g/mol. The minimum Gasteiger partial charge on any atom is -0.351 e. The Kier molecular flexibility index (Phi) is 5.82. The Balaban J connectivity index is 2.18. The molecule has 120 valence electrons. The average molecular weight is 373 g/mol. The van der Waals surface area contributed by atoms with Gasteiger partial charge < -0.3 is 10.6 Å². The SMILES string of the molecule is CC(=O)NCc1cc(C(=O)Nc2c(Cl)cc(Cl)cc2Cl)ccn1. The zero-order chi connectivity index (χ0) is 17.0. The molecule has 0 aliphatic carbocycles. The highest BCUT2D eigenvalue weighted by Gasteiger charge is 2.13. The Hall–Kier alpha value is -1.82. The van der Waals surface area contributed by atoms with Crippen LogP contribution in [-0.2, 0) is 11.3 Å². The topological polar surface area (TPSA) is 71.1 Å². The predicted octanol–water partition coefficient (Wildman–Crippen LogP) is 3.93. The van der Waals surface area contributed by atoms with Crippen LogP contribution in [0.3, 0.4) is 0 Å². The smallest absolute Gasteiger partial charge is 0.255 e. The third kappa shape index (κ3) is 4.82. The molecule has 2 amide bonds. The molecule has 0 aliphatic heterocycles. The normalized spacial score (nSPS) is 10.3. The molecule has 5 nitrogen and oxygen atoms in total. The Morgan fingerprint density at radius 1 is 1.13 bits per heavy atom. The van der Waals surface area contributed by atoms with Crippen molar-refractivity contribution >= 4 is 52.3 Å². The quantitative estimate of drug-likeness (QED) is 0.854. The number of benzene rings is 1. The highest BCUT2D eigenvalue weighted by atomic mass is 35.5. The summed E-state index contributed by atoms with van der Waals surface area (Å²) in [6, 6.07) is 6.09. The molecule has 0 bridgehead atoms. The maximum Gasteiger partial charge on any atom is 0.255 e. The van der Waals surface area contributed by atoms with Gasteiger partial charge in [-0.3, -0.25) is 14.6 Å².